The molecule has 2 aromatic rings. The molecule has 0 bridgehead atoms. The van der Waals surface area contributed by atoms with Crippen molar-refractivity contribution in [3.8, 4) is 5.75 Å². The normalized spacial score (nSPS) is 9.76. The Morgan fingerprint density at radius 1 is 0.824 bits per heavy atom. The van der Waals surface area contributed by atoms with E-state index in [1.807, 2.05) is 50.3 Å². The lowest BCUT2D eigenvalue weighted by Gasteiger charge is -1.94. The molecule has 0 amide bonds. The Balaban J connectivity index is 0.000000686. The average Bonchev–Trinajstić information content (AvgIpc) is 2.42. The zero-order valence-corrected chi connectivity index (χ0v) is 10.2. The fourth-order valence-electron chi connectivity index (χ4n) is 1.25. The van der Waals surface area contributed by atoms with Crippen molar-refractivity contribution in [3.63, 3.8) is 0 Å². The summed E-state index contributed by atoms with van der Waals surface area (Å²) in [4.78, 5) is 3.95. The summed E-state index contributed by atoms with van der Waals surface area (Å²) in [6, 6.07) is 11.0. The van der Waals surface area contributed by atoms with Crippen LogP contribution in [0.3, 0.4) is 0 Å². The second-order valence-corrected chi connectivity index (χ2v) is 3.21. The van der Waals surface area contributed by atoms with E-state index in [0.717, 1.165) is 11.1 Å². The molecule has 1 N–H and O–H groups in total. The number of hydrogen-bond acceptors (Lipinski definition) is 2. The monoisotopic (exact) mass is 227 g/mol. The van der Waals surface area contributed by atoms with Gasteiger partial charge in [0.25, 0.3) is 0 Å². The highest BCUT2D eigenvalue weighted by atomic mass is 16.3. The van der Waals surface area contributed by atoms with Crippen LogP contribution in [0.2, 0.25) is 0 Å². The molecular weight excluding hydrogens is 210 g/mol. The second-order valence-electron chi connectivity index (χ2n) is 3.21. The molecule has 0 saturated carbocycles. The van der Waals surface area contributed by atoms with Crippen molar-refractivity contribution >= 4 is 12.2 Å². The van der Waals surface area contributed by atoms with E-state index in [1.54, 1.807) is 24.5 Å². The molecule has 2 nitrogen and oxygen atoms in total. The van der Waals surface area contributed by atoms with Gasteiger partial charge in [-0.15, -0.1) is 0 Å². The van der Waals surface area contributed by atoms with Crippen LogP contribution in [0.1, 0.15) is 25.0 Å². The van der Waals surface area contributed by atoms with Gasteiger partial charge in [-0.05, 0) is 35.4 Å². The third-order valence-corrected chi connectivity index (χ3v) is 2.07. The molecular formula is C15H17NO. The largest absolute Gasteiger partial charge is 0.508 e. The van der Waals surface area contributed by atoms with Crippen LogP contribution in [-0.2, 0) is 0 Å². The van der Waals surface area contributed by atoms with Crippen LogP contribution < -0.4 is 0 Å². The maximum atomic E-state index is 9.11. The smallest absolute Gasteiger partial charge is 0.115 e. The number of phenols is 1. The number of aromatic nitrogens is 1. The van der Waals surface area contributed by atoms with Crippen LogP contribution in [0, 0.1) is 0 Å². The molecule has 1 aromatic heterocycles. The summed E-state index contributed by atoms with van der Waals surface area (Å²) in [5.74, 6) is 0.288. The molecule has 0 spiro atoms. The van der Waals surface area contributed by atoms with E-state index < -0.39 is 0 Å². The highest BCUT2D eigenvalue weighted by molar-refractivity contribution is 5.69. The Morgan fingerprint density at radius 2 is 1.29 bits per heavy atom. The average molecular weight is 227 g/mol. The predicted octanol–water partition coefficient (Wildman–Crippen LogP) is 3.98. The SMILES string of the molecule is CC.Oc1ccc(/C=C/c2ccncc2)cc1. The van der Waals surface area contributed by atoms with E-state index in [-0.39, 0.29) is 5.75 Å². The highest BCUT2D eigenvalue weighted by Gasteiger charge is 1.88. The standard InChI is InChI=1S/C13H11NO.C2H6/c15-13-5-3-11(4-6-13)1-2-12-7-9-14-10-8-12;1-2/h1-10,15H;1-2H3/b2-1+;. The number of rotatable bonds is 2. The van der Waals surface area contributed by atoms with Gasteiger partial charge in [0.05, 0.1) is 0 Å². The Labute approximate surface area is 102 Å². The first kappa shape index (κ1) is 13.0. The first-order valence-electron chi connectivity index (χ1n) is 5.72. The van der Waals surface area contributed by atoms with Crippen molar-refractivity contribution in [2.45, 2.75) is 13.8 Å². The predicted molar refractivity (Wildman–Crippen MR) is 72.6 cm³/mol. The van der Waals surface area contributed by atoms with Crippen molar-refractivity contribution < 1.29 is 5.11 Å². The van der Waals surface area contributed by atoms with Crippen molar-refractivity contribution in [1.29, 1.82) is 0 Å². The fourth-order valence-corrected chi connectivity index (χ4v) is 1.25. The van der Waals surface area contributed by atoms with E-state index in [2.05, 4.69) is 4.98 Å². The minimum Gasteiger partial charge on any atom is -0.508 e. The number of aromatic hydroxyl groups is 1. The quantitative estimate of drug-likeness (QED) is 0.841. The summed E-state index contributed by atoms with van der Waals surface area (Å²) < 4.78 is 0. The molecule has 17 heavy (non-hydrogen) atoms. The van der Waals surface area contributed by atoms with Crippen molar-refractivity contribution in [2.75, 3.05) is 0 Å². The van der Waals surface area contributed by atoms with E-state index in [4.69, 9.17) is 5.11 Å². The Bertz CT molecular complexity index is 446. The molecule has 0 radical (unpaired) electrons. The van der Waals surface area contributed by atoms with E-state index in [0.29, 0.717) is 0 Å². The fraction of sp³-hybridized carbons (Fsp3) is 0.133. The number of pyridine rings is 1. The van der Waals surface area contributed by atoms with E-state index >= 15 is 0 Å². The van der Waals surface area contributed by atoms with E-state index in [9.17, 15) is 0 Å². The topological polar surface area (TPSA) is 33.1 Å². The van der Waals surface area contributed by atoms with Gasteiger partial charge < -0.3 is 5.11 Å². The first-order valence-corrected chi connectivity index (χ1v) is 5.72. The van der Waals surface area contributed by atoms with Gasteiger partial charge in [0.1, 0.15) is 5.75 Å². The number of hydrogen-bond donors (Lipinski definition) is 1. The third-order valence-electron chi connectivity index (χ3n) is 2.07. The van der Waals surface area contributed by atoms with Gasteiger partial charge in [0.2, 0.25) is 0 Å². The molecule has 88 valence electrons. The lowest BCUT2D eigenvalue weighted by molar-refractivity contribution is 0.475. The minimum absolute atomic E-state index is 0.288. The number of phenolic OH excluding ortho intramolecular Hbond substituents is 1. The van der Waals surface area contributed by atoms with Crippen molar-refractivity contribution in [3.05, 3.63) is 59.9 Å². The van der Waals surface area contributed by atoms with Gasteiger partial charge in [0.15, 0.2) is 0 Å². The number of benzene rings is 1. The second kappa shape index (κ2) is 7.23. The molecule has 2 heteroatoms. The van der Waals surface area contributed by atoms with Gasteiger partial charge in [-0.2, -0.15) is 0 Å². The molecule has 0 fully saturated rings. The molecule has 0 aliphatic heterocycles. The molecule has 0 aliphatic carbocycles. The molecule has 2 rings (SSSR count). The summed E-state index contributed by atoms with van der Waals surface area (Å²) >= 11 is 0. The molecule has 0 aliphatic rings. The van der Waals surface area contributed by atoms with Crippen LogP contribution >= 0.6 is 0 Å². The first-order chi connectivity index (χ1) is 8.34. The van der Waals surface area contributed by atoms with Crippen molar-refractivity contribution in [1.82, 2.24) is 4.98 Å². The Hall–Kier alpha value is -2.09. The third kappa shape index (κ3) is 4.51. The van der Waals surface area contributed by atoms with Gasteiger partial charge in [-0.25, -0.2) is 0 Å². The summed E-state index contributed by atoms with van der Waals surface area (Å²) in [5.41, 5.74) is 2.17. The van der Waals surface area contributed by atoms with Crippen LogP contribution in [0.25, 0.3) is 12.2 Å². The van der Waals surface area contributed by atoms with Crippen LogP contribution in [0.5, 0.6) is 5.75 Å². The van der Waals surface area contributed by atoms with Gasteiger partial charge >= 0.3 is 0 Å². The van der Waals surface area contributed by atoms with Gasteiger partial charge in [0, 0.05) is 12.4 Å². The van der Waals surface area contributed by atoms with Crippen LogP contribution in [0.15, 0.2) is 48.8 Å². The maximum absolute atomic E-state index is 9.11. The summed E-state index contributed by atoms with van der Waals surface area (Å²) in [6.07, 6.45) is 7.52. The Morgan fingerprint density at radius 3 is 1.82 bits per heavy atom. The van der Waals surface area contributed by atoms with Crippen LogP contribution in [0.4, 0.5) is 0 Å². The van der Waals surface area contributed by atoms with Crippen LogP contribution in [-0.4, -0.2) is 10.1 Å². The zero-order chi connectivity index (χ0) is 12.5. The molecule has 1 heterocycles. The summed E-state index contributed by atoms with van der Waals surface area (Å²) in [5, 5.41) is 9.11. The lowest BCUT2D eigenvalue weighted by atomic mass is 10.1. The number of nitrogens with zero attached hydrogens (tertiary/aromatic N) is 1. The van der Waals surface area contributed by atoms with Gasteiger partial charge in [-0.3, -0.25) is 4.98 Å². The maximum Gasteiger partial charge on any atom is 0.115 e. The minimum atomic E-state index is 0.288. The van der Waals surface area contributed by atoms with Crippen molar-refractivity contribution in [2.24, 2.45) is 0 Å². The molecule has 1 aromatic carbocycles. The highest BCUT2D eigenvalue weighted by Crippen LogP contribution is 2.12. The molecule has 0 unspecified atom stereocenters. The summed E-state index contributed by atoms with van der Waals surface area (Å²) in [7, 11) is 0. The van der Waals surface area contributed by atoms with E-state index in [1.165, 1.54) is 0 Å². The molecule has 0 saturated heterocycles. The molecule has 0 atom stereocenters. The Kier molecular flexibility index (Phi) is 5.52. The lowest BCUT2D eigenvalue weighted by Crippen LogP contribution is -1.73. The van der Waals surface area contributed by atoms with Gasteiger partial charge in [-0.1, -0.05) is 38.1 Å². The summed E-state index contributed by atoms with van der Waals surface area (Å²) in [6.45, 7) is 4.00. The zero-order valence-electron chi connectivity index (χ0n) is 10.2.